The molecule has 0 bridgehead atoms. The molecule has 0 aliphatic rings. The van der Waals surface area contributed by atoms with E-state index in [4.69, 9.17) is 9.72 Å². The molecule has 1 aromatic heterocycles. The van der Waals surface area contributed by atoms with Crippen LogP contribution in [-0.4, -0.2) is 53.0 Å². The Morgan fingerprint density at radius 1 is 1.03 bits per heavy atom. The first-order valence-corrected chi connectivity index (χ1v) is 11.7. The second-order valence-electron chi connectivity index (χ2n) is 8.11. The van der Waals surface area contributed by atoms with Gasteiger partial charge < -0.3 is 19.5 Å². The van der Waals surface area contributed by atoms with Crippen LogP contribution in [0.5, 0.6) is 5.75 Å². The summed E-state index contributed by atoms with van der Waals surface area (Å²) in [5.41, 5.74) is 2.74. The number of hydrogen-bond donors (Lipinski definition) is 1. The minimum absolute atomic E-state index is 0.0454. The van der Waals surface area contributed by atoms with Crippen LogP contribution in [0, 0.1) is 0 Å². The number of hydrogen-bond acceptors (Lipinski definition) is 4. The Hall–Kier alpha value is -3.35. The Morgan fingerprint density at radius 2 is 1.73 bits per heavy atom. The largest absolute Gasteiger partial charge is 0.497 e. The van der Waals surface area contributed by atoms with E-state index in [1.165, 1.54) is 0 Å². The molecule has 0 aliphatic heterocycles. The van der Waals surface area contributed by atoms with Gasteiger partial charge in [-0.05, 0) is 42.7 Å². The van der Waals surface area contributed by atoms with Gasteiger partial charge in [-0.1, -0.05) is 38.1 Å². The highest BCUT2D eigenvalue weighted by molar-refractivity contribution is 5.81. The third-order valence-electron chi connectivity index (χ3n) is 5.56. The number of nitrogens with one attached hydrogen (secondary N) is 1. The highest BCUT2D eigenvalue weighted by atomic mass is 16.5. The average Bonchev–Trinajstić information content (AvgIpc) is 3.16. The van der Waals surface area contributed by atoms with E-state index in [2.05, 4.69) is 19.2 Å². The van der Waals surface area contributed by atoms with Gasteiger partial charge in [0.1, 0.15) is 18.1 Å². The normalized spacial score (nSPS) is 10.9. The van der Waals surface area contributed by atoms with Crippen molar-refractivity contribution >= 4 is 22.8 Å². The molecule has 0 spiro atoms. The van der Waals surface area contributed by atoms with Crippen molar-refractivity contribution in [3.63, 3.8) is 0 Å². The molecule has 1 heterocycles. The average molecular weight is 451 g/mol. The minimum Gasteiger partial charge on any atom is -0.497 e. The lowest BCUT2D eigenvalue weighted by Crippen LogP contribution is -2.35. The molecular formula is C26H34N4O3. The highest BCUT2D eigenvalue weighted by Crippen LogP contribution is 2.17. The van der Waals surface area contributed by atoms with Crippen molar-refractivity contribution in [2.75, 3.05) is 26.7 Å². The number of nitrogens with zero attached hydrogens (tertiary/aromatic N) is 3. The van der Waals surface area contributed by atoms with Gasteiger partial charge in [0.15, 0.2) is 0 Å². The van der Waals surface area contributed by atoms with Gasteiger partial charge in [-0.2, -0.15) is 0 Å². The fourth-order valence-electron chi connectivity index (χ4n) is 3.93. The lowest BCUT2D eigenvalue weighted by Gasteiger charge is -2.22. The van der Waals surface area contributed by atoms with Gasteiger partial charge in [-0.3, -0.25) is 9.59 Å². The first-order chi connectivity index (χ1) is 16.0. The summed E-state index contributed by atoms with van der Waals surface area (Å²) in [7, 11) is 1.62. The van der Waals surface area contributed by atoms with Crippen LogP contribution < -0.4 is 10.1 Å². The summed E-state index contributed by atoms with van der Waals surface area (Å²) in [4.78, 5) is 32.1. The predicted molar refractivity (Wildman–Crippen MR) is 130 cm³/mol. The van der Waals surface area contributed by atoms with Crippen LogP contribution in [0.3, 0.4) is 0 Å². The van der Waals surface area contributed by atoms with Gasteiger partial charge in [0.2, 0.25) is 11.8 Å². The highest BCUT2D eigenvalue weighted by Gasteiger charge is 2.17. The third-order valence-corrected chi connectivity index (χ3v) is 5.56. The van der Waals surface area contributed by atoms with E-state index in [-0.39, 0.29) is 18.4 Å². The number of ether oxygens (including phenoxy) is 1. The summed E-state index contributed by atoms with van der Waals surface area (Å²) in [5, 5.41) is 2.98. The summed E-state index contributed by atoms with van der Waals surface area (Å²) >= 11 is 0. The predicted octanol–water partition coefficient (Wildman–Crippen LogP) is 3.59. The Balaban J connectivity index is 1.65. The molecule has 2 amide bonds. The molecule has 0 radical (unpaired) electrons. The van der Waals surface area contributed by atoms with Crippen molar-refractivity contribution in [2.24, 2.45) is 0 Å². The zero-order valence-corrected chi connectivity index (χ0v) is 19.8. The van der Waals surface area contributed by atoms with Crippen LogP contribution in [0.2, 0.25) is 0 Å². The molecule has 3 aromatic rings. The van der Waals surface area contributed by atoms with E-state index in [1.54, 1.807) is 7.11 Å². The first kappa shape index (κ1) is 24.3. The number of fused-ring (bicyclic) bond motifs is 1. The molecule has 176 valence electrons. The molecule has 7 nitrogen and oxygen atoms in total. The number of imidazole rings is 1. The van der Waals surface area contributed by atoms with Gasteiger partial charge in [0.25, 0.3) is 0 Å². The quantitative estimate of drug-likeness (QED) is 0.458. The van der Waals surface area contributed by atoms with Gasteiger partial charge >= 0.3 is 0 Å². The minimum atomic E-state index is -0.0454. The molecule has 0 fully saturated rings. The van der Waals surface area contributed by atoms with Gasteiger partial charge in [0, 0.05) is 26.1 Å². The number of aromatic nitrogens is 2. The maximum atomic E-state index is 13.0. The maximum Gasteiger partial charge on any atom is 0.242 e. The molecule has 33 heavy (non-hydrogen) atoms. The molecule has 0 saturated carbocycles. The van der Waals surface area contributed by atoms with Crippen LogP contribution in [-0.2, 0) is 29.0 Å². The molecule has 7 heteroatoms. The number of benzene rings is 2. The summed E-state index contributed by atoms with van der Waals surface area (Å²) in [6.07, 6.45) is 2.73. The van der Waals surface area contributed by atoms with E-state index < -0.39 is 0 Å². The standard InChI is InChI=1S/C26H34N4O3/c1-4-16-29(17-5-2)26(32)19-30-23-9-7-6-8-22(23)28-24(30)14-15-27-25(31)18-20-10-12-21(33-3)13-11-20/h6-13H,4-5,14-19H2,1-3H3,(H,27,31). The third kappa shape index (κ3) is 6.57. The maximum absolute atomic E-state index is 13.0. The van der Waals surface area contributed by atoms with Gasteiger partial charge in [-0.25, -0.2) is 4.98 Å². The van der Waals surface area contributed by atoms with E-state index >= 15 is 0 Å². The summed E-state index contributed by atoms with van der Waals surface area (Å²) in [6.45, 7) is 6.41. The van der Waals surface area contributed by atoms with Crippen LogP contribution in [0.15, 0.2) is 48.5 Å². The van der Waals surface area contributed by atoms with E-state index in [9.17, 15) is 9.59 Å². The number of amides is 2. The van der Waals surface area contributed by atoms with Crippen molar-refractivity contribution in [1.29, 1.82) is 0 Å². The Labute approximate surface area is 195 Å². The summed E-state index contributed by atoms with van der Waals surface area (Å²) < 4.78 is 7.15. The smallest absolute Gasteiger partial charge is 0.242 e. The first-order valence-electron chi connectivity index (χ1n) is 11.7. The molecule has 1 N–H and O–H groups in total. The topological polar surface area (TPSA) is 76.5 Å². The summed E-state index contributed by atoms with van der Waals surface area (Å²) in [5.74, 6) is 1.63. The molecule has 0 saturated heterocycles. The van der Waals surface area contributed by atoms with Crippen LogP contribution in [0.1, 0.15) is 38.1 Å². The SMILES string of the molecule is CCCN(CCC)C(=O)Cn1c(CCNC(=O)Cc2ccc(OC)cc2)nc2ccccc21. The number of rotatable bonds is 12. The van der Waals surface area contributed by atoms with Crippen molar-refractivity contribution in [1.82, 2.24) is 19.8 Å². The van der Waals surface area contributed by atoms with Crippen molar-refractivity contribution in [3.05, 3.63) is 59.9 Å². The number of para-hydroxylation sites is 2. The second kappa shape index (κ2) is 12.0. The fourth-order valence-corrected chi connectivity index (χ4v) is 3.93. The lowest BCUT2D eigenvalue weighted by molar-refractivity contribution is -0.132. The fraction of sp³-hybridized carbons (Fsp3) is 0.423. The van der Waals surface area contributed by atoms with Crippen LogP contribution >= 0.6 is 0 Å². The van der Waals surface area contributed by atoms with E-state index in [0.29, 0.717) is 19.4 Å². The number of carbonyl (C=O) groups is 2. The Morgan fingerprint density at radius 3 is 2.39 bits per heavy atom. The van der Waals surface area contributed by atoms with Crippen LogP contribution in [0.4, 0.5) is 0 Å². The second-order valence-corrected chi connectivity index (χ2v) is 8.11. The molecule has 0 aliphatic carbocycles. The zero-order chi connectivity index (χ0) is 23.6. The van der Waals surface area contributed by atoms with Crippen molar-refractivity contribution in [2.45, 2.75) is 46.1 Å². The monoisotopic (exact) mass is 450 g/mol. The van der Waals surface area contributed by atoms with E-state index in [0.717, 1.165) is 54.1 Å². The van der Waals surface area contributed by atoms with Crippen LogP contribution in [0.25, 0.3) is 11.0 Å². The molecule has 2 aromatic carbocycles. The Kier molecular flexibility index (Phi) is 8.87. The van der Waals surface area contributed by atoms with Gasteiger partial charge in [0.05, 0.1) is 24.6 Å². The molecule has 0 atom stereocenters. The zero-order valence-electron chi connectivity index (χ0n) is 19.8. The lowest BCUT2D eigenvalue weighted by atomic mass is 10.1. The number of carbonyl (C=O) groups excluding carboxylic acids is 2. The van der Waals surface area contributed by atoms with E-state index in [1.807, 2.05) is 58.0 Å². The Bertz CT molecular complexity index is 1050. The van der Waals surface area contributed by atoms with Gasteiger partial charge in [-0.15, -0.1) is 0 Å². The van der Waals surface area contributed by atoms with Crippen molar-refractivity contribution in [3.8, 4) is 5.75 Å². The molecule has 3 rings (SSSR count). The number of methoxy groups -OCH3 is 1. The molecule has 0 unspecified atom stereocenters. The summed E-state index contributed by atoms with van der Waals surface area (Å²) in [6, 6.07) is 15.3. The molecular weight excluding hydrogens is 416 g/mol. The van der Waals surface area contributed by atoms with Crippen molar-refractivity contribution < 1.29 is 14.3 Å².